The molecule has 0 spiro atoms. The molecule has 1 heterocycles. The number of aromatic amines is 1. The Morgan fingerprint density at radius 3 is 2.78 bits per heavy atom. The van der Waals surface area contributed by atoms with E-state index < -0.39 is 0 Å². The van der Waals surface area contributed by atoms with Crippen molar-refractivity contribution in [2.24, 2.45) is 0 Å². The summed E-state index contributed by atoms with van der Waals surface area (Å²) in [4.78, 5) is 18.0. The number of hydrogen-bond acceptors (Lipinski definition) is 3. The van der Waals surface area contributed by atoms with Crippen LogP contribution in [0.25, 0.3) is 11.3 Å². The maximum Gasteiger partial charge on any atom is 0.168 e. The molecule has 0 aliphatic rings. The number of imidazole rings is 1. The van der Waals surface area contributed by atoms with E-state index in [4.69, 9.17) is 4.74 Å². The highest BCUT2D eigenvalue weighted by Gasteiger charge is 2.14. The number of carbonyl (C=O) groups is 1. The van der Waals surface area contributed by atoms with E-state index in [9.17, 15) is 4.79 Å². The normalized spacial score (nSPS) is 10.7. The Kier molecular flexibility index (Phi) is 3.46. The van der Waals surface area contributed by atoms with Crippen molar-refractivity contribution in [3.05, 3.63) is 35.8 Å². The number of rotatable bonds is 4. The van der Waals surface area contributed by atoms with Crippen LogP contribution < -0.4 is 4.74 Å². The van der Waals surface area contributed by atoms with E-state index in [1.54, 1.807) is 7.11 Å². The fourth-order valence-corrected chi connectivity index (χ4v) is 1.88. The Morgan fingerprint density at radius 2 is 2.17 bits per heavy atom. The second-order valence-electron chi connectivity index (χ2n) is 4.40. The molecule has 4 nitrogen and oxygen atoms in total. The molecule has 94 valence electrons. The number of benzene rings is 1. The maximum atomic E-state index is 11.0. The smallest absolute Gasteiger partial charge is 0.168 e. The van der Waals surface area contributed by atoms with Gasteiger partial charge in [-0.25, -0.2) is 4.98 Å². The van der Waals surface area contributed by atoms with Gasteiger partial charge < -0.3 is 9.72 Å². The van der Waals surface area contributed by atoms with Crippen molar-refractivity contribution in [3.8, 4) is 17.0 Å². The molecule has 0 bridgehead atoms. The van der Waals surface area contributed by atoms with Crippen LogP contribution in [0.15, 0.2) is 24.5 Å². The molecule has 0 radical (unpaired) electrons. The van der Waals surface area contributed by atoms with Gasteiger partial charge in [0, 0.05) is 5.56 Å². The predicted molar refractivity (Wildman–Crippen MR) is 70.1 cm³/mol. The first kappa shape index (κ1) is 12.4. The van der Waals surface area contributed by atoms with E-state index in [-0.39, 0.29) is 0 Å². The summed E-state index contributed by atoms with van der Waals surface area (Å²) in [5.74, 6) is 1.13. The van der Waals surface area contributed by atoms with Crippen LogP contribution in [0, 0.1) is 0 Å². The second kappa shape index (κ2) is 5.04. The van der Waals surface area contributed by atoms with Gasteiger partial charge in [0.2, 0.25) is 0 Å². The lowest BCUT2D eigenvalue weighted by molar-refractivity contribution is 0.112. The lowest BCUT2D eigenvalue weighted by Crippen LogP contribution is -1.95. The van der Waals surface area contributed by atoms with Gasteiger partial charge in [0.05, 0.1) is 13.4 Å². The van der Waals surface area contributed by atoms with Gasteiger partial charge in [0.25, 0.3) is 0 Å². The standard InChI is InChI=1S/C14H16N2O2/c1-9(2)10-4-5-13(18-3)11(6-10)14-12(7-17)15-8-16-14/h4-9H,1-3H3,(H,15,16). The molecule has 0 fully saturated rings. The monoisotopic (exact) mass is 244 g/mol. The van der Waals surface area contributed by atoms with Gasteiger partial charge in [-0.15, -0.1) is 0 Å². The molecule has 1 aromatic carbocycles. The van der Waals surface area contributed by atoms with E-state index in [1.807, 2.05) is 18.2 Å². The SMILES string of the molecule is COc1ccc(C(C)C)cc1-c1nc[nH]c1C=O. The third-order valence-electron chi connectivity index (χ3n) is 2.93. The van der Waals surface area contributed by atoms with Gasteiger partial charge in [-0.05, 0) is 23.6 Å². The number of aromatic nitrogens is 2. The van der Waals surface area contributed by atoms with E-state index in [1.165, 1.54) is 11.9 Å². The first-order valence-electron chi connectivity index (χ1n) is 5.84. The van der Waals surface area contributed by atoms with Crippen molar-refractivity contribution < 1.29 is 9.53 Å². The van der Waals surface area contributed by atoms with Gasteiger partial charge in [0.15, 0.2) is 6.29 Å². The summed E-state index contributed by atoms with van der Waals surface area (Å²) in [5.41, 5.74) is 3.12. The Bertz CT molecular complexity index is 559. The van der Waals surface area contributed by atoms with Crippen LogP contribution in [0.4, 0.5) is 0 Å². The number of methoxy groups -OCH3 is 1. The molecule has 0 atom stereocenters. The molecule has 1 aromatic heterocycles. The highest BCUT2D eigenvalue weighted by molar-refractivity contribution is 5.85. The zero-order valence-corrected chi connectivity index (χ0v) is 10.7. The topological polar surface area (TPSA) is 55.0 Å². The summed E-state index contributed by atoms with van der Waals surface area (Å²) < 4.78 is 5.33. The lowest BCUT2D eigenvalue weighted by atomic mass is 9.98. The Labute approximate surface area is 106 Å². The number of nitrogens with one attached hydrogen (secondary N) is 1. The van der Waals surface area contributed by atoms with Gasteiger partial charge in [-0.3, -0.25) is 4.79 Å². The number of hydrogen-bond donors (Lipinski definition) is 1. The van der Waals surface area contributed by atoms with E-state index in [2.05, 4.69) is 23.8 Å². The zero-order chi connectivity index (χ0) is 13.1. The van der Waals surface area contributed by atoms with Crippen LogP contribution in [-0.4, -0.2) is 23.4 Å². The van der Waals surface area contributed by atoms with E-state index >= 15 is 0 Å². The van der Waals surface area contributed by atoms with Crippen molar-refractivity contribution >= 4 is 6.29 Å². The molecule has 0 aliphatic heterocycles. The fourth-order valence-electron chi connectivity index (χ4n) is 1.88. The number of nitrogens with zero attached hydrogens (tertiary/aromatic N) is 1. The number of carbonyl (C=O) groups excluding carboxylic acids is 1. The average molecular weight is 244 g/mol. The van der Waals surface area contributed by atoms with E-state index in [0.717, 1.165) is 17.6 Å². The second-order valence-corrected chi connectivity index (χ2v) is 4.40. The van der Waals surface area contributed by atoms with Gasteiger partial charge in [-0.2, -0.15) is 0 Å². The summed E-state index contributed by atoms with van der Waals surface area (Å²) in [7, 11) is 1.61. The highest BCUT2D eigenvalue weighted by atomic mass is 16.5. The Morgan fingerprint density at radius 1 is 1.39 bits per heavy atom. The Balaban J connectivity index is 2.60. The number of aldehydes is 1. The highest BCUT2D eigenvalue weighted by Crippen LogP contribution is 2.32. The van der Waals surface area contributed by atoms with Crippen molar-refractivity contribution in [1.82, 2.24) is 9.97 Å². The molecule has 2 aromatic rings. The van der Waals surface area contributed by atoms with Crippen LogP contribution in [0.1, 0.15) is 35.8 Å². The van der Waals surface area contributed by atoms with Gasteiger partial charge in [-0.1, -0.05) is 19.9 Å². The van der Waals surface area contributed by atoms with Crippen LogP contribution in [0.2, 0.25) is 0 Å². The molecule has 0 aliphatic carbocycles. The largest absolute Gasteiger partial charge is 0.496 e. The first-order chi connectivity index (χ1) is 8.67. The molecular weight excluding hydrogens is 228 g/mol. The summed E-state index contributed by atoms with van der Waals surface area (Å²) in [5, 5.41) is 0. The molecule has 4 heteroatoms. The number of H-pyrrole nitrogens is 1. The molecule has 2 rings (SSSR count). The van der Waals surface area contributed by atoms with Crippen LogP contribution in [-0.2, 0) is 0 Å². The third kappa shape index (κ3) is 2.14. The lowest BCUT2D eigenvalue weighted by Gasteiger charge is -2.11. The minimum absolute atomic E-state index is 0.410. The fraction of sp³-hybridized carbons (Fsp3) is 0.286. The minimum atomic E-state index is 0.410. The van der Waals surface area contributed by atoms with Crippen molar-refractivity contribution in [3.63, 3.8) is 0 Å². The average Bonchev–Trinajstić information content (AvgIpc) is 2.85. The maximum absolute atomic E-state index is 11.0. The predicted octanol–water partition coefficient (Wildman–Crippen LogP) is 3.02. The van der Waals surface area contributed by atoms with Crippen LogP contribution in [0.5, 0.6) is 5.75 Å². The molecule has 0 amide bonds. The van der Waals surface area contributed by atoms with Gasteiger partial charge >= 0.3 is 0 Å². The number of ether oxygens (including phenoxy) is 1. The summed E-state index contributed by atoms with van der Waals surface area (Å²) in [6.45, 7) is 4.24. The summed E-state index contributed by atoms with van der Waals surface area (Å²) in [6.07, 6.45) is 2.28. The molecular formula is C14H16N2O2. The summed E-state index contributed by atoms with van der Waals surface area (Å²) in [6, 6.07) is 5.96. The Hall–Kier alpha value is -2.10. The molecule has 0 saturated heterocycles. The molecule has 0 saturated carbocycles. The molecule has 0 unspecified atom stereocenters. The first-order valence-corrected chi connectivity index (χ1v) is 5.84. The van der Waals surface area contributed by atoms with Crippen molar-refractivity contribution in [1.29, 1.82) is 0 Å². The van der Waals surface area contributed by atoms with E-state index in [0.29, 0.717) is 17.3 Å². The van der Waals surface area contributed by atoms with Crippen molar-refractivity contribution in [2.45, 2.75) is 19.8 Å². The van der Waals surface area contributed by atoms with Gasteiger partial charge in [0.1, 0.15) is 17.1 Å². The van der Waals surface area contributed by atoms with Crippen LogP contribution >= 0.6 is 0 Å². The quantitative estimate of drug-likeness (QED) is 0.841. The zero-order valence-electron chi connectivity index (χ0n) is 10.7. The minimum Gasteiger partial charge on any atom is -0.496 e. The third-order valence-corrected chi connectivity index (χ3v) is 2.93. The summed E-state index contributed by atoms with van der Waals surface area (Å²) >= 11 is 0. The van der Waals surface area contributed by atoms with Crippen LogP contribution in [0.3, 0.4) is 0 Å². The van der Waals surface area contributed by atoms with Crippen molar-refractivity contribution in [2.75, 3.05) is 7.11 Å². The molecule has 18 heavy (non-hydrogen) atoms. The molecule has 1 N–H and O–H groups in total.